The van der Waals surface area contributed by atoms with Gasteiger partial charge in [-0.1, -0.05) is 26.0 Å². The van der Waals surface area contributed by atoms with E-state index in [-0.39, 0.29) is 12.5 Å². The van der Waals surface area contributed by atoms with E-state index in [4.69, 9.17) is 9.84 Å². The molecule has 4 N–H and O–H groups in total. The molecular weight excluding hydrogens is 310 g/mol. The van der Waals surface area contributed by atoms with Crippen molar-refractivity contribution in [3.05, 3.63) is 29.8 Å². The Labute approximate surface area is 142 Å². The first-order valence-electron chi connectivity index (χ1n) is 8.00. The lowest BCUT2D eigenvalue weighted by molar-refractivity contribution is -0.121. The van der Waals surface area contributed by atoms with E-state index in [1.54, 1.807) is 0 Å². The molecule has 7 nitrogen and oxygen atoms in total. The molecule has 1 atom stereocenters. The fraction of sp³-hybridized carbons (Fsp3) is 0.529. The zero-order chi connectivity index (χ0) is 17.9. The third kappa shape index (κ3) is 6.66. The summed E-state index contributed by atoms with van der Waals surface area (Å²) in [5.74, 6) is 0.596. The molecule has 0 bridgehead atoms. The molecule has 24 heavy (non-hydrogen) atoms. The summed E-state index contributed by atoms with van der Waals surface area (Å²) in [4.78, 5) is 11.2. The molecule has 0 saturated carbocycles. The molecular formula is C17H27N3O4. The highest BCUT2D eigenvalue weighted by Crippen LogP contribution is 2.22. The molecule has 134 valence electrons. The SMILES string of the molecule is CC(C)NCC(O)COc1ccccc1C1=NNC(=O)CC1.CO. The first-order valence-corrected chi connectivity index (χ1v) is 8.00. The van der Waals surface area contributed by atoms with Gasteiger partial charge in [0.1, 0.15) is 18.5 Å². The average Bonchev–Trinajstić information content (AvgIpc) is 2.61. The zero-order valence-corrected chi connectivity index (χ0v) is 14.5. The van der Waals surface area contributed by atoms with Gasteiger partial charge < -0.3 is 20.3 Å². The maximum atomic E-state index is 11.2. The Hall–Kier alpha value is -1.96. The number of aliphatic hydroxyl groups is 2. The van der Waals surface area contributed by atoms with Crippen LogP contribution in [0, 0.1) is 0 Å². The summed E-state index contributed by atoms with van der Waals surface area (Å²) in [6.45, 7) is 4.74. The van der Waals surface area contributed by atoms with E-state index < -0.39 is 6.10 Å². The summed E-state index contributed by atoms with van der Waals surface area (Å²) in [5.41, 5.74) is 4.14. The molecule has 1 aliphatic heterocycles. The van der Waals surface area contributed by atoms with E-state index in [0.29, 0.717) is 31.2 Å². The molecule has 1 aliphatic rings. The van der Waals surface area contributed by atoms with Gasteiger partial charge in [-0.15, -0.1) is 0 Å². The number of carbonyl (C=O) groups is 1. The van der Waals surface area contributed by atoms with Gasteiger partial charge in [-0.05, 0) is 12.1 Å². The third-order valence-electron chi connectivity index (χ3n) is 3.30. The van der Waals surface area contributed by atoms with Crippen molar-refractivity contribution in [2.45, 2.75) is 38.8 Å². The summed E-state index contributed by atoms with van der Waals surface area (Å²) < 4.78 is 5.73. The van der Waals surface area contributed by atoms with Gasteiger partial charge in [-0.25, -0.2) is 5.43 Å². The molecule has 1 unspecified atom stereocenters. The van der Waals surface area contributed by atoms with E-state index in [0.717, 1.165) is 18.4 Å². The van der Waals surface area contributed by atoms with Gasteiger partial charge in [0.25, 0.3) is 0 Å². The van der Waals surface area contributed by atoms with E-state index in [1.165, 1.54) is 0 Å². The molecule has 7 heteroatoms. The van der Waals surface area contributed by atoms with Crippen LogP contribution in [0.5, 0.6) is 5.75 Å². The highest BCUT2D eigenvalue weighted by Gasteiger charge is 2.17. The predicted molar refractivity (Wildman–Crippen MR) is 93.1 cm³/mol. The minimum atomic E-state index is -0.580. The normalized spacial score (nSPS) is 15.1. The molecule has 0 radical (unpaired) electrons. The molecule has 0 saturated heterocycles. The van der Waals surface area contributed by atoms with Crippen LogP contribution in [-0.4, -0.2) is 54.2 Å². The number of benzene rings is 1. The topological polar surface area (TPSA) is 103 Å². The molecule has 0 aromatic heterocycles. The standard InChI is InChI=1S/C16H23N3O3.CH4O/c1-11(2)17-9-12(20)10-22-15-6-4-3-5-13(15)14-7-8-16(21)19-18-14;1-2/h3-6,11-12,17,20H,7-10H2,1-2H3,(H,19,21);2H,1H3. The summed E-state index contributed by atoms with van der Waals surface area (Å²) in [7, 11) is 1.00. The van der Waals surface area contributed by atoms with Crippen molar-refractivity contribution < 1.29 is 19.7 Å². The van der Waals surface area contributed by atoms with Gasteiger partial charge in [-0.2, -0.15) is 5.10 Å². The molecule has 1 aromatic rings. The lowest BCUT2D eigenvalue weighted by Crippen LogP contribution is -2.35. The van der Waals surface area contributed by atoms with Crippen LogP contribution in [0.25, 0.3) is 0 Å². The smallest absolute Gasteiger partial charge is 0.240 e. The second-order valence-corrected chi connectivity index (χ2v) is 5.62. The lowest BCUT2D eigenvalue weighted by atomic mass is 10.0. The summed E-state index contributed by atoms with van der Waals surface area (Å²) >= 11 is 0. The van der Waals surface area contributed by atoms with Crippen molar-refractivity contribution in [2.24, 2.45) is 5.10 Å². The number of hydrogen-bond donors (Lipinski definition) is 4. The second kappa shape index (κ2) is 10.7. The number of hydrazone groups is 1. The second-order valence-electron chi connectivity index (χ2n) is 5.62. The highest BCUT2D eigenvalue weighted by molar-refractivity contribution is 6.05. The number of amides is 1. The van der Waals surface area contributed by atoms with E-state index in [2.05, 4.69) is 15.8 Å². The Balaban J connectivity index is 0.00000139. The van der Waals surface area contributed by atoms with Crippen molar-refractivity contribution >= 4 is 11.6 Å². The summed E-state index contributed by atoms with van der Waals surface area (Å²) in [6.07, 6.45) is 0.432. The van der Waals surface area contributed by atoms with Crippen LogP contribution in [0.4, 0.5) is 0 Å². The Morgan fingerprint density at radius 1 is 1.29 bits per heavy atom. The Morgan fingerprint density at radius 2 is 2.00 bits per heavy atom. The number of aliphatic hydroxyl groups excluding tert-OH is 2. The molecule has 1 heterocycles. The third-order valence-corrected chi connectivity index (χ3v) is 3.30. The van der Waals surface area contributed by atoms with Crippen LogP contribution < -0.4 is 15.5 Å². The number of rotatable bonds is 7. The Bertz CT molecular complexity index is 546. The quantitative estimate of drug-likeness (QED) is 0.585. The highest BCUT2D eigenvalue weighted by atomic mass is 16.5. The fourth-order valence-electron chi connectivity index (χ4n) is 2.12. The summed E-state index contributed by atoms with van der Waals surface area (Å²) in [6, 6.07) is 7.85. The van der Waals surface area contributed by atoms with Crippen molar-refractivity contribution in [2.75, 3.05) is 20.3 Å². The van der Waals surface area contributed by atoms with Crippen molar-refractivity contribution in [1.82, 2.24) is 10.7 Å². The predicted octanol–water partition coefficient (Wildman–Crippen LogP) is 0.647. The van der Waals surface area contributed by atoms with Gasteiger partial charge in [0.05, 0.1) is 5.71 Å². The van der Waals surface area contributed by atoms with Crippen LogP contribution in [-0.2, 0) is 4.79 Å². The molecule has 0 aliphatic carbocycles. The largest absolute Gasteiger partial charge is 0.490 e. The molecule has 1 aromatic carbocycles. The maximum Gasteiger partial charge on any atom is 0.240 e. The van der Waals surface area contributed by atoms with Gasteiger partial charge in [0.2, 0.25) is 5.91 Å². The van der Waals surface area contributed by atoms with Crippen LogP contribution in [0.2, 0.25) is 0 Å². The van der Waals surface area contributed by atoms with Crippen LogP contribution >= 0.6 is 0 Å². The average molecular weight is 337 g/mol. The van der Waals surface area contributed by atoms with Crippen LogP contribution in [0.3, 0.4) is 0 Å². The molecule has 0 spiro atoms. The first kappa shape index (κ1) is 20.1. The van der Waals surface area contributed by atoms with Crippen LogP contribution in [0.1, 0.15) is 32.3 Å². The minimum Gasteiger partial charge on any atom is -0.490 e. The Morgan fingerprint density at radius 3 is 2.62 bits per heavy atom. The number of para-hydroxylation sites is 1. The fourth-order valence-corrected chi connectivity index (χ4v) is 2.12. The minimum absolute atomic E-state index is 0.0719. The van der Waals surface area contributed by atoms with Crippen LogP contribution in [0.15, 0.2) is 29.4 Å². The van der Waals surface area contributed by atoms with Gasteiger partial charge >= 0.3 is 0 Å². The number of nitrogens with one attached hydrogen (secondary N) is 2. The molecule has 1 amide bonds. The first-order chi connectivity index (χ1) is 11.6. The van der Waals surface area contributed by atoms with E-state index in [1.807, 2.05) is 38.1 Å². The number of carbonyl (C=O) groups excluding carboxylic acids is 1. The lowest BCUT2D eigenvalue weighted by Gasteiger charge is -2.18. The van der Waals surface area contributed by atoms with Crippen molar-refractivity contribution in [3.8, 4) is 5.75 Å². The molecule has 2 rings (SSSR count). The van der Waals surface area contributed by atoms with Gasteiger partial charge in [0, 0.05) is 38.1 Å². The van der Waals surface area contributed by atoms with Crippen molar-refractivity contribution in [1.29, 1.82) is 0 Å². The number of hydrogen-bond acceptors (Lipinski definition) is 6. The summed E-state index contributed by atoms with van der Waals surface area (Å²) in [5, 5.41) is 24.2. The van der Waals surface area contributed by atoms with Gasteiger partial charge in [0.15, 0.2) is 0 Å². The number of ether oxygens (including phenoxy) is 1. The number of nitrogens with zero attached hydrogens (tertiary/aromatic N) is 1. The maximum absolute atomic E-state index is 11.2. The zero-order valence-electron chi connectivity index (χ0n) is 14.5. The molecule has 0 fully saturated rings. The Kier molecular flexibility index (Phi) is 8.99. The van der Waals surface area contributed by atoms with Gasteiger partial charge in [-0.3, -0.25) is 4.79 Å². The van der Waals surface area contributed by atoms with Crippen molar-refractivity contribution in [3.63, 3.8) is 0 Å². The van der Waals surface area contributed by atoms with E-state index in [9.17, 15) is 9.90 Å². The van der Waals surface area contributed by atoms with E-state index >= 15 is 0 Å². The monoisotopic (exact) mass is 337 g/mol.